The molecule has 1 heterocycles. The molecule has 0 fully saturated rings. The zero-order valence-electron chi connectivity index (χ0n) is 14.4. The van der Waals surface area contributed by atoms with Crippen LogP contribution in [0.3, 0.4) is 0 Å². The van der Waals surface area contributed by atoms with Gasteiger partial charge in [-0.25, -0.2) is 0 Å². The summed E-state index contributed by atoms with van der Waals surface area (Å²) < 4.78 is 5.89. The standard InChI is InChI=1S/C22H16Cl2N2O/c23-18-7-3-1-5-13(18)11-14-9-10-16-20(15-6-2-4-8-19(15)24)17(12-25)22(26)27-21(14)16/h1-8,11,20H,9-10,26H2/b14-11-/t20-/m0/s1. The molecule has 27 heavy (non-hydrogen) atoms. The fraction of sp³-hybridized carbons (Fsp3) is 0.136. The van der Waals surface area contributed by atoms with Crippen LogP contribution in [0.5, 0.6) is 0 Å². The predicted octanol–water partition coefficient (Wildman–Crippen LogP) is 5.93. The smallest absolute Gasteiger partial charge is 0.205 e. The maximum atomic E-state index is 9.68. The highest BCUT2D eigenvalue weighted by Gasteiger charge is 2.37. The summed E-state index contributed by atoms with van der Waals surface area (Å²) in [5.74, 6) is 0.578. The largest absolute Gasteiger partial charge is 0.440 e. The van der Waals surface area contributed by atoms with E-state index in [1.165, 1.54) is 0 Å². The van der Waals surface area contributed by atoms with Crippen molar-refractivity contribution in [3.8, 4) is 6.07 Å². The maximum Gasteiger partial charge on any atom is 0.205 e. The van der Waals surface area contributed by atoms with Crippen molar-refractivity contribution in [1.82, 2.24) is 0 Å². The predicted molar refractivity (Wildman–Crippen MR) is 108 cm³/mol. The van der Waals surface area contributed by atoms with Gasteiger partial charge in [-0.3, -0.25) is 0 Å². The van der Waals surface area contributed by atoms with Crippen LogP contribution in [0.2, 0.25) is 10.0 Å². The van der Waals surface area contributed by atoms with E-state index < -0.39 is 0 Å². The van der Waals surface area contributed by atoms with Crippen molar-refractivity contribution in [3.63, 3.8) is 0 Å². The summed E-state index contributed by atoms with van der Waals surface area (Å²) in [7, 11) is 0. The molecule has 2 aliphatic rings. The minimum absolute atomic E-state index is 0.133. The SMILES string of the molecule is N#CC1=C(N)OC2=C(CC/C2=C/c2ccccc2Cl)[C@@H]1c1ccccc1Cl. The molecule has 0 spiro atoms. The van der Waals surface area contributed by atoms with Gasteiger partial charge >= 0.3 is 0 Å². The summed E-state index contributed by atoms with van der Waals surface area (Å²) >= 11 is 12.7. The van der Waals surface area contributed by atoms with Crippen LogP contribution in [0.25, 0.3) is 6.08 Å². The van der Waals surface area contributed by atoms with Gasteiger partial charge in [-0.05, 0) is 53.3 Å². The van der Waals surface area contributed by atoms with Gasteiger partial charge in [0.15, 0.2) is 0 Å². The van der Waals surface area contributed by atoms with Crippen LogP contribution < -0.4 is 5.73 Å². The second-order valence-electron chi connectivity index (χ2n) is 6.49. The van der Waals surface area contributed by atoms with Gasteiger partial charge < -0.3 is 10.5 Å². The van der Waals surface area contributed by atoms with Gasteiger partial charge in [-0.15, -0.1) is 0 Å². The molecular formula is C22H16Cl2N2O. The van der Waals surface area contributed by atoms with Gasteiger partial charge in [-0.1, -0.05) is 59.6 Å². The third-order valence-corrected chi connectivity index (χ3v) is 5.62. The molecule has 3 nitrogen and oxygen atoms in total. The molecule has 0 unspecified atom stereocenters. The van der Waals surface area contributed by atoms with E-state index in [0.717, 1.165) is 40.9 Å². The van der Waals surface area contributed by atoms with Gasteiger partial charge in [0.25, 0.3) is 0 Å². The van der Waals surface area contributed by atoms with Crippen LogP contribution in [-0.4, -0.2) is 0 Å². The molecule has 0 saturated heterocycles. The Kier molecular flexibility index (Phi) is 4.70. The normalized spacial score (nSPS) is 20.5. The van der Waals surface area contributed by atoms with Crippen LogP contribution in [-0.2, 0) is 4.74 Å². The van der Waals surface area contributed by atoms with Crippen molar-refractivity contribution in [2.24, 2.45) is 5.73 Å². The number of allylic oxidation sites excluding steroid dienone is 3. The average molecular weight is 395 g/mol. The van der Waals surface area contributed by atoms with Gasteiger partial charge in [-0.2, -0.15) is 5.26 Å². The van der Waals surface area contributed by atoms with Crippen LogP contribution >= 0.6 is 23.2 Å². The molecule has 134 valence electrons. The minimum Gasteiger partial charge on any atom is -0.440 e. The first-order valence-electron chi connectivity index (χ1n) is 8.60. The molecule has 5 heteroatoms. The van der Waals surface area contributed by atoms with Crippen LogP contribution in [0.15, 0.2) is 76.9 Å². The van der Waals surface area contributed by atoms with Crippen molar-refractivity contribution in [3.05, 3.63) is 98.1 Å². The Morgan fingerprint density at radius 3 is 2.44 bits per heavy atom. The van der Waals surface area contributed by atoms with Crippen molar-refractivity contribution >= 4 is 29.3 Å². The van der Waals surface area contributed by atoms with Gasteiger partial charge in [0.2, 0.25) is 5.88 Å². The Hall–Kier alpha value is -2.67. The number of nitriles is 1. The molecule has 1 aliphatic carbocycles. The van der Waals surface area contributed by atoms with Crippen LogP contribution in [0.1, 0.15) is 29.9 Å². The summed E-state index contributed by atoms with van der Waals surface area (Å²) in [6.45, 7) is 0. The molecule has 1 atom stereocenters. The van der Waals surface area contributed by atoms with Crippen molar-refractivity contribution < 1.29 is 4.74 Å². The quantitative estimate of drug-likeness (QED) is 0.685. The summed E-state index contributed by atoms with van der Waals surface area (Å²) in [5.41, 5.74) is 10.4. The third kappa shape index (κ3) is 3.12. The lowest BCUT2D eigenvalue weighted by Crippen LogP contribution is -2.19. The highest BCUT2D eigenvalue weighted by molar-refractivity contribution is 6.32. The third-order valence-electron chi connectivity index (χ3n) is 4.93. The van der Waals surface area contributed by atoms with E-state index in [0.29, 0.717) is 15.6 Å². The first-order chi connectivity index (χ1) is 13.1. The molecule has 2 aromatic carbocycles. The second kappa shape index (κ2) is 7.15. The molecule has 2 N–H and O–H groups in total. The zero-order valence-corrected chi connectivity index (χ0v) is 15.9. The number of ether oxygens (including phenoxy) is 1. The molecule has 0 aromatic heterocycles. The number of hydrogen-bond donors (Lipinski definition) is 1. The van der Waals surface area contributed by atoms with E-state index >= 15 is 0 Å². The lowest BCUT2D eigenvalue weighted by Gasteiger charge is -2.26. The van der Waals surface area contributed by atoms with E-state index in [1.54, 1.807) is 0 Å². The molecule has 1 aliphatic heterocycles. The number of nitrogens with zero attached hydrogens (tertiary/aromatic N) is 1. The number of halogens is 2. The van der Waals surface area contributed by atoms with E-state index in [1.807, 2.05) is 54.6 Å². The Labute approximate surface area is 168 Å². The molecule has 2 aromatic rings. The molecule has 0 saturated carbocycles. The minimum atomic E-state index is -0.287. The summed E-state index contributed by atoms with van der Waals surface area (Å²) in [6.07, 6.45) is 3.60. The Bertz CT molecular complexity index is 1060. The average Bonchev–Trinajstić information content (AvgIpc) is 3.05. The van der Waals surface area contributed by atoms with Gasteiger partial charge in [0.1, 0.15) is 17.4 Å². The monoisotopic (exact) mass is 394 g/mol. The molecule has 4 rings (SSSR count). The van der Waals surface area contributed by atoms with Crippen molar-refractivity contribution in [1.29, 1.82) is 5.26 Å². The van der Waals surface area contributed by atoms with E-state index in [9.17, 15) is 5.26 Å². The zero-order chi connectivity index (χ0) is 19.0. The van der Waals surface area contributed by atoms with Gasteiger partial charge in [0, 0.05) is 10.0 Å². The van der Waals surface area contributed by atoms with Crippen LogP contribution in [0, 0.1) is 11.3 Å². The highest BCUT2D eigenvalue weighted by Crippen LogP contribution is 2.49. The molecule has 0 bridgehead atoms. The highest BCUT2D eigenvalue weighted by atomic mass is 35.5. The lowest BCUT2D eigenvalue weighted by molar-refractivity contribution is 0.292. The van der Waals surface area contributed by atoms with Crippen molar-refractivity contribution in [2.75, 3.05) is 0 Å². The topological polar surface area (TPSA) is 59.0 Å². The molecular weight excluding hydrogens is 379 g/mol. The van der Waals surface area contributed by atoms with Crippen molar-refractivity contribution in [2.45, 2.75) is 18.8 Å². The first-order valence-corrected chi connectivity index (χ1v) is 9.36. The van der Waals surface area contributed by atoms with E-state index in [-0.39, 0.29) is 11.8 Å². The number of hydrogen-bond acceptors (Lipinski definition) is 3. The maximum absolute atomic E-state index is 9.68. The van der Waals surface area contributed by atoms with E-state index in [2.05, 4.69) is 6.07 Å². The summed E-state index contributed by atoms with van der Waals surface area (Å²) in [6, 6.07) is 17.4. The fourth-order valence-corrected chi connectivity index (χ4v) is 4.12. The number of nitrogens with two attached hydrogens (primary N) is 1. The Balaban J connectivity index is 1.84. The van der Waals surface area contributed by atoms with Gasteiger partial charge in [0.05, 0.1) is 5.92 Å². The first kappa shape index (κ1) is 17.7. The molecule has 0 radical (unpaired) electrons. The summed E-state index contributed by atoms with van der Waals surface area (Å²) in [4.78, 5) is 0. The lowest BCUT2D eigenvalue weighted by atomic mass is 9.83. The number of rotatable bonds is 2. The second-order valence-corrected chi connectivity index (χ2v) is 7.31. The fourth-order valence-electron chi connectivity index (χ4n) is 3.68. The Morgan fingerprint density at radius 1 is 1.04 bits per heavy atom. The Morgan fingerprint density at radius 2 is 1.74 bits per heavy atom. The summed E-state index contributed by atoms with van der Waals surface area (Å²) in [5, 5.41) is 11.0. The van der Waals surface area contributed by atoms with E-state index in [4.69, 9.17) is 33.7 Å². The molecule has 0 amide bonds. The number of benzene rings is 2. The van der Waals surface area contributed by atoms with Crippen LogP contribution in [0.4, 0.5) is 0 Å².